The molecule has 182 valence electrons. The second-order valence-corrected chi connectivity index (χ2v) is 9.84. The van der Waals surface area contributed by atoms with Crippen LogP contribution >= 0.6 is 15.9 Å². The molecule has 36 heavy (non-hydrogen) atoms. The third-order valence-electron chi connectivity index (χ3n) is 6.73. The second kappa shape index (κ2) is 9.82. The molecule has 2 atom stereocenters. The minimum atomic E-state index is -0.651. The van der Waals surface area contributed by atoms with Crippen LogP contribution in [0.25, 0.3) is 5.69 Å². The number of amides is 1. The maximum Gasteiger partial charge on any atom is 0.232 e. The largest absolute Gasteiger partial charge is 0.296 e. The van der Waals surface area contributed by atoms with Crippen LogP contribution in [-0.4, -0.2) is 28.0 Å². The van der Waals surface area contributed by atoms with Gasteiger partial charge in [-0.1, -0.05) is 58.4 Å². The Kier molecular flexibility index (Phi) is 6.58. The Bertz CT molecular complexity index is 1430. The van der Waals surface area contributed by atoms with Crippen molar-refractivity contribution in [3.8, 4) is 5.69 Å². The van der Waals surface area contributed by atoms with Crippen LogP contribution in [0.1, 0.15) is 46.4 Å². The number of nitrogens with zero attached hydrogens (tertiary/aromatic N) is 3. The topological polar surface area (TPSA) is 55.2 Å². The molecule has 0 aliphatic carbocycles. The fourth-order valence-corrected chi connectivity index (χ4v) is 5.51. The van der Waals surface area contributed by atoms with Gasteiger partial charge in [0.1, 0.15) is 11.6 Å². The van der Waals surface area contributed by atoms with Crippen LogP contribution < -0.4 is 4.90 Å². The third kappa shape index (κ3) is 4.28. The summed E-state index contributed by atoms with van der Waals surface area (Å²) in [6.07, 6.45) is 0.0310. The second-order valence-electron chi connectivity index (χ2n) is 8.93. The van der Waals surface area contributed by atoms with E-state index in [4.69, 9.17) is 5.10 Å². The molecule has 7 heteroatoms. The highest BCUT2D eigenvalue weighted by molar-refractivity contribution is 9.10. The highest BCUT2D eigenvalue weighted by Gasteiger charge is 2.45. The number of carbonyl (C=O) groups is 2. The van der Waals surface area contributed by atoms with Crippen molar-refractivity contribution in [2.75, 3.05) is 11.4 Å². The van der Waals surface area contributed by atoms with Crippen LogP contribution in [0.5, 0.6) is 0 Å². The number of hydrogen-bond donors (Lipinski definition) is 0. The summed E-state index contributed by atoms with van der Waals surface area (Å²) in [6.45, 7) is 4.28. The van der Waals surface area contributed by atoms with E-state index in [2.05, 4.69) is 15.9 Å². The van der Waals surface area contributed by atoms with Crippen molar-refractivity contribution in [3.05, 3.63) is 112 Å². The van der Waals surface area contributed by atoms with Gasteiger partial charge in [-0.15, -0.1) is 0 Å². The molecule has 2 heterocycles. The van der Waals surface area contributed by atoms with Crippen LogP contribution in [0.2, 0.25) is 0 Å². The van der Waals surface area contributed by atoms with Crippen molar-refractivity contribution in [3.63, 3.8) is 0 Å². The molecule has 1 aromatic heterocycles. The number of halogens is 2. The number of ketones is 1. The SMILES string of the molecule is CCN1C(=O)[C@@H](CC(=O)c2cccc(Br)c2)[C@@H](c2ccc(F)cc2)c2c(C)nn(-c3ccccc3)c21. The molecule has 0 fully saturated rings. The van der Waals surface area contributed by atoms with E-state index in [1.165, 1.54) is 12.1 Å². The summed E-state index contributed by atoms with van der Waals surface area (Å²) in [6, 6.07) is 23.1. The minimum absolute atomic E-state index is 0.0310. The highest BCUT2D eigenvalue weighted by Crippen LogP contribution is 2.47. The molecule has 1 aliphatic rings. The van der Waals surface area contributed by atoms with Crippen LogP contribution in [0.15, 0.2) is 83.3 Å². The number of para-hydroxylation sites is 1. The average Bonchev–Trinajstić information content (AvgIpc) is 3.22. The first-order valence-electron chi connectivity index (χ1n) is 11.9. The standard InChI is InChI=1S/C29H25BrFN3O2/c1-3-33-28-26(18(2)32-34(28)23-10-5-4-6-11-23)27(19-12-14-22(31)15-13-19)24(29(33)36)17-25(35)20-8-7-9-21(30)16-20/h4-16,24,27H,3,17H2,1-2H3/t24-,27+/m0/s1. The molecule has 3 aromatic carbocycles. The van der Waals surface area contributed by atoms with E-state index >= 15 is 0 Å². The molecule has 4 aromatic rings. The molecular weight excluding hydrogens is 521 g/mol. The smallest absolute Gasteiger partial charge is 0.232 e. The van der Waals surface area contributed by atoms with E-state index < -0.39 is 11.8 Å². The summed E-state index contributed by atoms with van der Waals surface area (Å²) in [4.78, 5) is 29.2. The van der Waals surface area contributed by atoms with Gasteiger partial charge in [0.2, 0.25) is 5.91 Å². The normalized spacial score (nSPS) is 17.2. The van der Waals surface area contributed by atoms with Crippen LogP contribution in [0, 0.1) is 18.7 Å². The maximum absolute atomic E-state index is 14.0. The molecule has 0 spiro atoms. The number of aryl methyl sites for hydroxylation is 1. The predicted octanol–water partition coefficient (Wildman–Crippen LogP) is 6.47. The molecule has 1 amide bonds. The van der Waals surface area contributed by atoms with E-state index in [-0.39, 0.29) is 23.9 Å². The third-order valence-corrected chi connectivity index (χ3v) is 7.22. The zero-order valence-electron chi connectivity index (χ0n) is 20.0. The summed E-state index contributed by atoms with van der Waals surface area (Å²) in [5.41, 5.74) is 3.83. The first-order valence-corrected chi connectivity index (χ1v) is 12.7. The highest BCUT2D eigenvalue weighted by atomic mass is 79.9. The molecule has 1 aliphatic heterocycles. The lowest BCUT2D eigenvalue weighted by molar-refractivity contribution is -0.123. The number of benzene rings is 3. The maximum atomic E-state index is 14.0. The Labute approximate surface area is 217 Å². The van der Waals surface area contributed by atoms with E-state index in [1.807, 2.05) is 56.3 Å². The van der Waals surface area contributed by atoms with Gasteiger partial charge in [-0.3, -0.25) is 14.5 Å². The van der Waals surface area contributed by atoms with Crippen LogP contribution in [0.4, 0.5) is 10.2 Å². The quantitative estimate of drug-likeness (QED) is 0.261. The van der Waals surface area contributed by atoms with E-state index in [1.54, 1.807) is 33.8 Å². The summed E-state index contributed by atoms with van der Waals surface area (Å²) in [5, 5.41) is 4.83. The number of fused-ring (bicyclic) bond motifs is 1. The van der Waals surface area contributed by atoms with Gasteiger partial charge in [0.25, 0.3) is 0 Å². The summed E-state index contributed by atoms with van der Waals surface area (Å²) >= 11 is 3.43. The number of Topliss-reactive ketones (excluding diaryl/α,β-unsaturated/α-hetero) is 1. The first-order chi connectivity index (χ1) is 17.4. The van der Waals surface area contributed by atoms with Crippen molar-refractivity contribution in [2.24, 2.45) is 5.92 Å². The van der Waals surface area contributed by atoms with Crippen molar-refractivity contribution >= 4 is 33.4 Å². The van der Waals surface area contributed by atoms with Crippen molar-refractivity contribution < 1.29 is 14.0 Å². The first kappa shape index (κ1) is 24.1. The molecule has 0 unspecified atom stereocenters. The Hall–Kier alpha value is -3.58. The molecule has 0 radical (unpaired) electrons. The van der Waals surface area contributed by atoms with E-state index in [0.29, 0.717) is 17.9 Å². The number of rotatable bonds is 6. The summed E-state index contributed by atoms with van der Waals surface area (Å²) in [5.74, 6) is -0.999. The van der Waals surface area contributed by atoms with Gasteiger partial charge >= 0.3 is 0 Å². The molecule has 5 nitrogen and oxygen atoms in total. The van der Waals surface area contributed by atoms with Crippen molar-refractivity contribution in [1.82, 2.24) is 9.78 Å². The zero-order chi connectivity index (χ0) is 25.4. The van der Waals surface area contributed by atoms with E-state index in [0.717, 1.165) is 27.0 Å². The molecule has 5 rings (SSSR count). The summed E-state index contributed by atoms with van der Waals surface area (Å²) < 4.78 is 16.5. The van der Waals surface area contributed by atoms with Gasteiger partial charge in [-0.25, -0.2) is 9.07 Å². The van der Waals surface area contributed by atoms with Crippen LogP contribution in [0.3, 0.4) is 0 Å². The van der Waals surface area contributed by atoms with Gasteiger partial charge in [0, 0.05) is 34.5 Å². The lowest BCUT2D eigenvalue weighted by atomic mass is 9.74. The minimum Gasteiger partial charge on any atom is -0.296 e. The fourth-order valence-electron chi connectivity index (χ4n) is 5.11. The van der Waals surface area contributed by atoms with Gasteiger partial charge in [-0.2, -0.15) is 5.10 Å². The van der Waals surface area contributed by atoms with Gasteiger partial charge in [-0.05, 0) is 55.8 Å². The van der Waals surface area contributed by atoms with Crippen molar-refractivity contribution in [1.29, 1.82) is 0 Å². The predicted molar refractivity (Wildman–Crippen MR) is 141 cm³/mol. The Morgan fingerprint density at radius 1 is 1.03 bits per heavy atom. The Morgan fingerprint density at radius 3 is 2.42 bits per heavy atom. The van der Waals surface area contributed by atoms with Gasteiger partial charge in [0.05, 0.1) is 17.3 Å². The molecule has 0 N–H and O–H groups in total. The van der Waals surface area contributed by atoms with Crippen LogP contribution in [-0.2, 0) is 4.79 Å². The Balaban J connectivity index is 1.68. The average molecular weight is 546 g/mol. The monoisotopic (exact) mass is 545 g/mol. The molecule has 0 bridgehead atoms. The Morgan fingerprint density at radius 2 is 1.75 bits per heavy atom. The number of carbonyl (C=O) groups excluding carboxylic acids is 2. The molecule has 0 saturated heterocycles. The number of anilines is 1. The number of aromatic nitrogens is 2. The van der Waals surface area contributed by atoms with E-state index in [9.17, 15) is 14.0 Å². The van der Waals surface area contributed by atoms with Gasteiger partial charge in [0.15, 0.2) is 5.78 Å². The number of hydrogen-bond acceptors (Lipinski definition) is 3. The molecule has 0 saturated carbocycles. The van der Waals surface area contributed by atoms with Gasteiger partial charge < -0.3 is 0 Å². The lowest BCUT2D eigenvalue weighted by Crippen LogP contribution is -2.45. The summed E-state index contributed by atoms with van der Waals surface area (Å²) in [7, 11) is 0. The lowest BCUT2D eigenvalue weighted by Gasteiger charge is -2.38. The molecular formula is C29H25BrFN3O2. The zero-order valence-corrected chi connectivity index (χ0v) is 21.6. The van der Waals surface area contributed by atoms with Crippen molar-refractivity contribution in [2.45, 2.75) is 26.2 Å². The fraction of sp³-hybridized carbons (Fsp3) is 0.207.